The van der Waals surface area contributed by atoms with Gasteiger partial charge in [-0.25, -0.2) is 4.98 Å². The van der Waals surface area contributed by atoms with Gasteiger partial charge in [0, 0.05) is 41.3 Å². The van der Waals surface area contributed by atoms with Crippen LogP contribution in [0.15, 0.2) is 18.5 Å². The number of H-pyrrole nitrogens is 1. The van der Waals surface area contributed by atoms with Gasteiger partial charge in [-0.15, -0.1) is 0 Å². The van der Waals surface area contributed by atoms with Crippen LogP contribution in [0, 0.1) is 5.41 Å². The molecule has 4 heterocycles. The van der Waals surface area contributed by atoms with Gasteiger partial charge in [0.1, 0.15) is 5.65 Å². The van der Waals surface area contributed by atoms with Crippen molar-refractivity contribution in [2.75, 3.05) is 5.32 Å². The summed E-state index contributed by atoms with van der Waals surface area (Å²) < 4.78 is 0. The van der Waals surface area contributed by atoms with Crippen LogP contribution < -0.4 is 11.1 Å². The molecule has 27 heavy (non-hydrogen) atoms. The normalized spacial score (nSPS) is 25.0. The van der Waals surface area contributed by atoms with E-state index >= 15 is 0 Å². The molecule has 3 atom stereocenters. The molecule has 144 valence electrons. The number of nitrogens with two attached hydrogens (primary N) is 1. The fraction of sp³-hybridized carbons (Fsp3) is 0.550. The summed E-state index contributed by atoms with van der Waals surface area (Å²) in [5, 5.41) is 4.43. The lowest BCUT2D eigenvalue weighted by atomic mass is 9.89. The molecule has 1 unspecified atom stereocenters. The van der Waals surface area contributed by atoms with Crippen LogP contribution in [-0.2, 0) is 4.79 Å². The molecule has 2 aromatic rings. The molecule has 0 spiro atoms. The summed E-state index contributed by atoms with van der Waals surface area (Å²) in [5.41, 5.74) is 7.09. The van der Waals surface area contributed by atoms with Gasteiger partial charge in [-0.05, 0) is 31.7 Å². The molecule has 7 heteroatoms. The Kier molecular flexibility index (Phi) is 4.13. The highest BCUT2D eigenvalue weighted by molar-refractivity contribution is 6.06. The van der Waals surface area contributed by atoms with Gasteiger partial charge in [-0.1, -0.05) is 20.8 Å². The number of aromatic nitrogens is 2. The van der Waals surface area contributed by atoms with Crippen LogP contribution in [-0.4, -0.2) is 44.8 Å². The number of anilines is 1. The van der Waals surface area contributed by atoms with Gasteiger partial charge in [0.05, 0.1) is 11.3 Å². The Balaban J connectivity index is 1.59. The van der Waals surface area contributed by atoms with E-state index in [4.69, 9.17) is 5.73 Å². The second kappa shape index (κ2) is 6.25. The molecule has 4 N–H and O–H groups in total. The van der Waals surface area contributed by atoms with Gasteiger partial charge in [-0.3, -0.25) is 9.59 Å². The zero-order valence-electron chi connectivity index (χ0n) is 16.1. The number of pyridine rings is 1. The lowest BCUT2D eigenvalue weighted by Gasteiger charge is -2.42. The molecule has 0 radical (unpaired) electrons. The first-order chi connectivity index (χ1) is 12.8. The second-order valence-electron chi connectivity index (χ2n) is 8.81. The lowest BCUT2D eigenvalue weighted by Crippen LogP contribution is -2.53. The maximum absolute atomic E-state index is 12.9. The average Bonchev–Trinajstić information content (AvgIpc) is 3.16. The van der Waals surface area contributed by atoms with E-state index in [1.165, 1.54) is 6.20 Å². The fourth-order valence-corrected chi connectivity index (χ4v) is 4.57. The topological polar surface area (TPSA) is 104 Å². The predicted molar refractivity (Wildman–Crippen MR) is 104 cm³/mol. The van der Waals surface area contributed by atoms with E-state index in [1.54, 1.807) is 0 Å². The molecule has 2 fully saturated rings. The van der Waals surface area contributed by atoms with Crippen molar-refractivity contribution >= 4 is 28.5 Å². The standard InChI is InChI=1S/C20H27N5O2/c1-20(2,3)19(27)25-12-4-5-13(25)9-11(8-12)24-16-14-6-7-22-18(14)23-10-15(16)17(21)26/h6-7,10-13H,4-5,8-9H2,1-3H3,(H2,21,26)(H2,22,23,24)/t11?,12-,13+. The van der Waals surface area contributed by atoms with E-state index in [-0.39, 0.29) is 29.4 Å². The van der Waals surface area contributed by atoms with E-state index in [2.05, 4.69) is 20.2 Å². The quantitative estimate of drug-likeness (QED) is 0.773. The Morgan fingerprint density at radius 2 is 1.93 bits per heavy atom. The Morgan fingerprint density at radius 1 is 1.26 bits per heavy atom. The Labute approximate surface area is 158 Å². The summed E-state index contributed by atoms with van der Waals surface area (Å²) in [6.07, 6.45) is 7.18. The zero-order valence-corrected chi connectivity index (χ0v) is 16.1. The molecular formula is C20H27N5O2. The molecule has 7 nitrogen and oxygen atoms in total. The number of amides is 2. The summed E-state index contributed by atoms with van der Waals surface area (Å²) in [7, 11) is 0. The number of nitrogens with one attached hydrogen (secondary N) is 2. The minimum absolute atomic E-state index is 0.199. The highest BCUT2D eigenvalue weighted by Crippen LogP contribution is 2.40. The minimum atomic E-state index is -0.489. The van der Waals surface area contributed by atoms with Crippen molar-refractivity contribution in [3.8, 4) is 0 Å². The minimum Gasteiger partial charge on any atom is -0.381 e. The second-order valence-corrected chi connectivity index (χ2v) is 8.81. The average molecular weight is 369 g/mol. The van der Waals surface area contributed by atoms with Gasteiger partial charge in [0.25, 0.3) is 5.91 Å². The number of hydrogen-bond acceptors (Lipinski definition) is 4. The van der Waals surface area contributed by atoms with Crippen LogP contribution in [0.25, 0.3) is 11.0 Å². The molecule has 2 bridgehead atoms. The first-order valence-corrected chi connectivity index (χ1v) is 9.61. The van der Waals surface area contributed by atoms with E-state index in [9.17, 15) is 9.59 Å². The van der Waals surface area contributed by atoms with Crippen LogP contribution in [0.5, 0.6) is 0 Å². The molecule has 2 aromatic heterocycles. The molecule has 4 rings (SSSR count). The van der Waals surface area contributed by atoms with Crippen molar-refractivity contribution in [1.29, 1.82) is 0 Å². The molecule has 2 aliphatic heterocycles. The fourth-order valence-electron chi connectivity index (χ4n) is 4.57. The molecule has 0 saturated carbocycles. The molecule has 0 aromatic carbocycles. The molecular weight excluding hydrogens is 342 g/mol. The number of carbonyl (C=O) groups is 2. The van der Waals surface area contributed by atoms with Crippen molar-refractivity contribution in [3.05, 3.63) is 24.0 Å². The number of carbonyl (C=O) groups excluding carboxylic acids is 2. The summed E-state index contributed by atoms with van der Waals surface area (Å²) in [6.45, 7) is 5.95. The van der Waals surface area contributed by atoms with E-state index in [0.717, 1.165) is 42.4 Å². The van der Waals surface area contributed by atoms with Gasteiger partial charge in [0.15, 0.2) is 0 Å². The third kappa shape index (κ3) is 3.05. The predicted octanol–water partition coefficient (Wildman–Crippen LogP) is 2.64. The van der Waals surface area contributed by atoms with Gasteiger partial charge in [-0.2, -0.15) is 0 Å². The van der Waals surface area contributed by atoms with Gasteiger partial charge < -0.3 is 20.9 Å². The van der Waals surface area contributed by atoms with Gasteiger partial charge in [0.2, 0.25) is 5.91 Å². The van der Waals surface area contributed by atoms with Crippen LogP contribution in [0.1, 0.15) is 56.8 Å². The molecule has 2 aliphatic rings. The summed E-state index contributed by atoms with van der Waals surface area (Å²) in [6, 6.07) is 2.62. The Morgan fingerprint density at radius 3 is 2.52 bits per heavy atom. The molecule has 2 amide bonds. The monoisotopic (exact) mass is 369 g/mol. The number of piperidine rings is 1. The largest absolute Gasteiger partial charge is 0.381 e. The van der Waals surface area contributed by atoms with Crippen molar-refractivity contribution < 1.29 is 9.59 Å². The number of primary amides is 1. The van der Waals surface area contributed by atoms with Crippen molar-refractivity contribution in [1.82, 2.24) is 14.9 Å². The van der Waals surface area contributed by atoms with E-state index in [1.807, 2.05) is 33.0 Å². The smallest absolute Gasteiger partial charge is 0.252 e. The Hall–Kier alpha value is -2.57. The summed E-state index contributed by atoms with van der Waals surface area (Å²) >= 11 is 0. The highest BCUT2D eigenvalue weighted by Gasteiger charge is 2.45. The number of rotatable bonds is 3. The van der Waals surface area contributed by atoms with Crippen LogP contribution in [0.4, 0.5) is 5.69 Å². The van der Waals surface area contributed by atoms with Crippen LogP contribution in [0.2, 0.25) is 0 Å². The third-order valence-corrected chi connectivity index (χ3v) is 5.81. The van der Waals surface area contributed by atoms with Crippen molar-refractivity contribution in [2.45, 2.75) is 64.6 Å². The molecule has 0 aliphatic carbocycles. The third-order valence-electron chi connectivity index (χ3n) is 5.81. The number of aromatic amines is 1. The van der Waals surface area contributed by atoms with Crippen LogP contribution in [0.3, 0.4) is 0 Å². The van der Waals surface area contributed by atoms with E-state index in [0.29, 0.717) is 5.56 Å². The number of fused-ring (bicyclic) bond motifs is 3. The van der Waals surface area contributed by atoms with Crippen molar-refractivity contribution in [3.63, 3.8) is 0 Å². The van der Waals surface area contributed by atoms with E-state index < -0.39 is 5.91 Å². The van der Waals surface area contributed by atoms with Crippen molar-refractivity contribution in [2.24, 2.45) is 11.1 Å². The summed E-state index contributed by atoms with van der Waals surface area (Å²) in [4.78, 5) is 34.2. The maximum atomic E-state index is 12.9. The maximum Gasteiger partial charge on any atom is 0.252 e. The number of nitrogens with zero attached hydrogens (tertiary/aromatic N) is 2. The first-order valence-electron chi connectivity index (χ1n) is 9.61. The Bertz CT molecular complexity index is 883. The summed E-state index contributed by atoms with van der Waals surface area (Å²) in [5.74, 6) is -0.250. The number of hydrogen-bond donors (Lipinski definition) is 3. The first kappa shape index (κ1) is 17.8. The SMILES string of the molecule is CC(C)(C)C(=O)N1[C@@H]2CC[C@H]1CC(Nc1c(C(N)=O)cnc3[nH]ccc13)C2. The van der Waals surface area contributed by atoms with Crippen LogP contribution >= 0.6 is 0 Å². The highest BCUT2D eigenvalue weighted by atomic mass is 16.2. The molecule has 2 saturated heterocycles. The lowest BCUT2D eigenvalue weighted by molar-refractivity contribution is -0.144. The van der Waals surface area contributed by atoms with Gasteiger partial charge >= 0.3 is 0 Å². The zero-order chi connectivity index (χ0) is 19.3.